The number of thiol groups is 2. The molecule has 0 amide bonds. The Kier molecular flexibility index (Phi) is 29.3. The second kappa shape index (κ2) is 20.5. The van der Waals surface area contributed by atoms with Gasteiger partial charge in [0, 0.05) is 0 Å². The van der Waals surface area contributed by atoms with Crippen molar-refractivity contribution in [2.45, 2.75) is 9.88 Å². The Balaban J connectivity index is -0.000000153. The fourth-order valence-electron chi connectivity index (χ4n) is 0.0527. The molecule has 0 aromatic heterocycles. The Labute approximate surface area is 123 Å². The van der Waals surface area contributed by atoms with Gasteiger partial charge in [-0.15, -0.1) is 0 Å². The zero-order valence-corrected chi connectivity index (χ0v) is 14.5. The molecule has 0 heterocycles. The summed E-state index contributed by atoms with van der Waals surface area (Å²) in [5, 5.41) is 0. The number of carbonyl (C=O) groups excluding carboxylic acids is 2. The van der Waals surface area contributed by atoms with Gasteiger partial charge in [0.15, 0.2) is 0 Å². The van der Waals surface area contributed by atoms with E-state index < -0.39 is 11.9 Å². The number of hydrogen-bond acceptors (Lipinski definition) is 8. The first-order valence-corrected chi connectivity index (χ1v) is 11.1. The van der Waals surface area contributed by atoms with Crippen LogP contribution in [0.15, 0.2) is 0 Å². The van der Waals surface area contributed by atoms with Gasteiger partial charge in [-0.05, 0) is 0 Å². The number of carbonyl (C=O) groups is 2. The van der Waals surface area contributed by atoms with Gasteiger partial charge in [0.1, 0.15) is 0 Å². The molecule has 0 aromatic carbocycles. The molecule has 0 N–H and O–H groups in total. The summed E-state index contributed by atoms with van der Waals surface area (Å²) in [5.41, 5.74) is 0. The molecule has 0 aliphatic carbocycles. The molecule has 4 nitrogen and oxygen atoms in total. The molecule has 0 fully saturated rings. The van der Waals surface area contributed by atoms with Crippen molar-refractivity contribution in [3.8, 4) is 0 Å². The van der Waals surface area contributed by atoms with Crippen LogP contribution in [0.3, 0.4) is 0 Å². The van der Waals surface area contributed by atoms with Gasteiger partial charge in [0.25, 0.3) is 11.9 Å². The van der Waals surface area contributed by atoms with Crippen LogP contribution >= 0.6 is 25.3 Å². The zero-order chi connectivity index (χ0) is 12.7. The van der Waals surface area contributed by atoms with E-state index in [9.17, 15) is 9.59 Å². The summed E-state index contributed by atoms with van der Waals surface area (Å²) in [4.78, 5) is 24.1. The molecule has 9 heteroatoms. The van der Waals surface area contributed by atoms with Gasteiger partial charge in [0.05, 0.1) is 11.5 Å². The van der Waals surface area contributed by atoms with E-state index >= 15 is 0 Å². The van der Waals surface area contributed by atoms with Gasteiger partial charge in [-0.25, -0.2) is 0 Å². The van der Waals surface area contributed by atoms with Crippen molar-refractivity contribution < 1.29 is 18.0 Å². The molecule has 0 unspecified atom stereocenters. The van der Waals surface area contributed by atoms with Gasteiger partial charge in [-0.3, -0.25) is 9.59 Å². The van der Waals surface area contributed by atoms with Crippen molar-refractivity contribution in [1.29, 1.82) is 0 Å². The summed E-state index contributed by atoms with van der Waals surface area (Å²) in [6, 6.07) is 0. The fourth-order valence-corrected chi connectivity index (χ4v) is 0.474. The van der Waals surface area contributed by atoms with Crippen molar-refractivity contribution >= 4 is 84.2 Å². The summed E-state index contributed by atoms with van der Waals surface area (Å²) in [6.45, 7) is 0. The molecule has 0 aliphatic rings. The average Bonchev–Trinajstić information content (AvgIpc) is 2.28. The molecule has 0 aliphatic heterocycles. The van der Waals surface area contributed by atoms with E-state index in [-0.39, 0.29) is 32.6 Å². The third kappa shape index (κ3) is 31.3. The number of hydrogen-bond donors (Lipinski definition) is 2. The Bertz CT molecular complexity index is 130. The predicted molar refractivity (Wildman–Crippen MR) is 72.1 cm³/mol. The minimum atomic E-state index is -0.478. The first kappa shape index (κ1) is 21.4. The standard InChI is InChI=1S/2C2H4O2S2.2CH3.Sn/c2*3-2(1-5)4-6;;;/h2*5-6H,1H2;2*1H3;/q;;;;+2/p-2. The molecule has 0 bridgehead atoms. The quantitative estimate of drug-likeness (QED) is 0.407. The summed E-state index contributed by atoms with van der Waals surface area (Å²) in [5.74, 6) is -0.839. The Morgan fingerprint density at radius 2 is 1.27 bits per heavy atom. The molecule has 0 radical (unpaired) electrons. The fraction of sp³-hybridized carbons (Fsp3) is 0.667. The van der Waals surface area contributed by atoms with Crippen LogP contribution in [0.5, 0.6) is 0 Å². The van der Waals surface area contributed by atoms with Crippen LogP contribution in [0.25, 0.3) is 0 Å². The SMILES string of the molecule is O=C(CS)O[S-].O=C(CS)O[S-].[CH3][Sn+2][CH3]. The molecule has 0 atom stereocenters. The third-order valence-corrected chi connectivity index (χ3v) is 1.33. The first-order chi connectivity index (χ1) is 7.03. The Morgan fingerprint density at radius 3 is 1.27 bits per heavy atom. The topological polar surface area (TPSA) is 52.6 Å². The van der Waals surface area contributed by atoms with Gasteiger partial charge in [0.2, 0.25) is 0 Å². The van der Waals surface area contributed by atoms with Crippen molar-refractivity contribution in [3.05, 3.63) is 0 Å². The monoisotopic (exact) mass is 396 g/mol. The summed E-state index contributed by atoms with van der Waals surface area (Å²) in [6.07, 6.45) is 0. The van der Waals surface area contributed by atoms with E-state index in [2.05, 4.69) is 69.3 Å². The third-order valence-electron chi connectivity index (χ3n) is 0.444. The average molecular weight is 395 g/mol. The maximum absolute atomic E-state index is 9.78. The van der Waals surface area contributed by atoms with Crippen LogP contribution in [0.2, 0.25) is 9.88 Å². The van der Waals surface area contributed by atoms with Crippen LogP contribution in [-0.2, 0) is 43.8 Å². The second-order valence-electron chi connectivity index (χ2n) is 1.73. The van der Waals surface area contributed by atoms with Crippen LogP contribution in [0, 0.1) is 0 Å². The molecule has 0 rings (SSSR count). The molecule has 0 saturated carbocycles. The van der Waals surface area contributed by atoms with E-state index in [1.165, 1.54) is 0 Å². The van der Waals surface area contributed by atoms with E-state index in [4.69, 9.17) is 0 Å². The Hall–Kier alpha value is 1.14. The van der Waals surface area contributed by atoms with Crippen molar-refractivity contribution in [3.63, 3.8) is 0 Å². The van der Waals surface area contributed by atoms with E-state index in [0.717, 1.165) is 0 Å². The molecule has 0 spiro atoms. The molecular weight excluding hydrogens is 383 g/mol. The van der Waals surface area contributed by atoms with Crippen molar-refractivity contribution in [2.75, 3.05) is 11.5 Å². The van der Waals surface area contributed by atoms with Crippen molar-refractivity contribution in [2.24, 2.45) is 0 Å². The summed E-state index contributed by atoms with van der Waals surface area (Å²) in [7, 11) is 0. The second-order valence-corrected chi connectivity index (χ2v) is 5.55. The number of rotatable bonds is 2. The summed E-state index contributed by atoms with van der Waals surface area (Å²) >= 11 is 15.1. The van der Waals surface area contributed by atoms with Crippen LogP contribution in [-0.4, -0.2) is 44.6 Å². The Morgan fingerprint density at radius 1 is 1.07 bits per heavy atom. The molecule has 0 aromatic rings. The molecule has 0 saturated heterocycles. The van der Waals surface area contributed by atoms with Crippen molar-refractivity contribution in [1.82, 2.24) is 0 Å². The molecular formula is C6H12O4S4Sn. The molecule has 88 valence electrons. The van der Waals surface area contributed by atoms with Crippen LogP contribution in [0.4, 0.5) is 0 Å². The van der Waals surface area contributed by atoms with E-state index in [1.807, 2.05) is 0 Å². The van der Waals surface area contributed by atoms with Gasteiger partial charge < -0.3 is 34.2 Å². The molecule has 15 heavy (non-hydrogen) atoms. The minimum absolute atomic E-state index is 0.0590. The zero-order valence-electron chi connectivity index (χ0n) is 8.26. The van der Waals surface area contributed by atoms with Crippen LogP contribution < -0.4 is 0 Å². The van der Waals surface area contributed by atoms with E-state index in [0.29, 0.717) is 0 Å². The van der Waals surface area contributed by atoms with E-state index in [1.54, 1.807) is 0 Å². The van der Waals surface area contributed by atoms with Gasteiger partial charge >= 0.3 is 31.0 Å². The maximum atomic E-state index is 9.78. The van der Waals surface area contributed by atoms with Gasteiger partial charge in [-0.1, -0.05) is 0 Å². The predicted octanol–water partition coefficient (Wildman–Crippen LogP) is 0.629. The summed E-state index contributed by atoms with van der Waals surface area (Å²) < 4.78 is 7.53. The normalized spacial score (nSPS) is 6.80. The van der Waals surface area contributed by atoms with Crippen LogP contribution in [0.1, 0.15) is 0 Å². The first-order valence-electron chi connectivity index (χ1n) is 3.49. The van der Waals surface area contributed by atoms with Gasteiger partial charge in [-0.2, -0.15) is 25.3 Å².